The summed E-state index contributed by atoms with van der Waals surface area (Å²) < 4.78 is 8.88. The number of hydrogen-bond acceptors (Lipinski definition) is 3. The predicted molar refractivity (Wildman–Crippen MR) is 113 cm³/mol. The van der Waals surface area contributed by atoms with Crippen LogP contribution in [0.5, 0.6) is 0 Å². The first kappa shape index (κ1) is 19.0. The summed E-state index contributed by atoms with van der Waals surface area (Å²) in [6, 6.07) is 16.4. The van der Waals surface area contributed by atoms with Crippen LogP contribution in [0.25, 0.3) is 46.4 Å². The first-order valence-corrected chi connectivity index (χ1v) is 10.2. The molecule has 3 aromatic heterocycles. The quantitative estimate of drug-likeness (QED) is 0.248. The van der Waals surface area contributed by atoms with E-state index < -0.39 is 7.82 Å². The SMILES string of the molecule is C1=Cc2cc3ccc(cc4nc(cc5ccc(cc1n2)[nH]5)C=C4)[nH]3.O=P(O)(O)O. The highest BCUT2D eigenvalue weighted by atomic mass is 31.2. The van der Waals surface area contributed by atoms with Crippen LogP contribution in [-0.2, 0) is 4.57 Å². The second-order valence-corrected chi connectivity index (χ2v) is 7.44. The molecule has 0 aromatic carbocycles. The van der Waals surface area contributed by atoms with E-state index in [-0.39, 0.29) is 0 Å². The van der Waals surface area contributed by atoms with Crippen molar-refractivity contribution in [2.75, 3.05) is 0 Å². The molecule has 0 amide bonds. The number of aromatic amines is 2. The van der Waals surface area contributed by atoms with E-state index in [1.807, 2.05) is 48.6 Å². The summed E-state index contributed by atoms with van der Waals surface area (Å²) in [6.07, 6.45) is 8.09. The van der Waals surface area contributed by atoms with Crippen LogP contribution in [0.4, 0.5) is 0 Å². The van der Waals surface area contributed by atoms with Crippen LogP contribution in [0.2, 0.25) is 0 Å². The number of nitrogens with zero attached hydrogens (tertiary/aromatic N) is 2. The fourth-order valence-electron chi connectivity index (χ4n) is 2.94. The van der Waals surface area contributed by atoms with E-state index in [0.717, 1.165) is 44.8 Å². The topological polar surface area (TPSA) is 135 Å². The molecule has 29 heavy (non-hydrogen) atoms. The lowest BCUT2D eigenvalue weighted by molar-refractivity contribution is 0.275. The second kappa shape index (κ2) is 7.62. The Kier molecular flexibility index (Phi) is 5.00. The normalized spacial score (nSPS) is 12.5. The molecule has 5 rings (SSSR count). The average molecular weight is 408 g/mol. The molecule has 0 unspecified atom stereocenters. The number of aromatic nitrogens is 4. The molecule has 0 saturated carbocycles. The molecular weight excluding hydrogens is 391 g/mol. The number of hydrogen-bond donors (Lipinski definition) is 5. The van der Waals surface area contributed by atoms with Gasteiger partial charge in [0, 0.05) is 22.1 Å². The van der Waals surface area contributed by atoms with Gasteiger partial charge < -0.3 is 24.6 Å². The minimum Gasteiger partial charge on any atom is -0.355 e. The Balaban J connectivity index is 0.000000369. The number of fused-ring (bicyclic) bond motifs is 8. The van der Waals surface area contributed by atoms with Crippen molar-refractivity contribution in [3.63, 3.8) is 0 Å². The number of phosphoric acid groups is 1. The number of H-pyrrole nitrogens is 2. The summed E-state index contributed by atoms with van der Waals surface area (Å²) >= 11 is 0. The van der Waals surface area contributed by atoms with Crippen molar-refractivity contribution in [1.29, 1.82) is 0 Å². The van der Waals surface area contributed by atoms with Crippen molar-refractivity contribution in [1.82, 2.24) is 19.9 Å². The van der Waals surface area contributed by atoms with Crippen LogP contribution >= 0.6 is 7.82 Å². The largest absolute Gasteiger partial charge is 0.466 e. The fourth-order valence-corrected chi connectivity index (χ4v) is 2.94. The predicted octanol–water partition coefficient (Wildman–Crippen LogP) is 3.73. The molecule has 2 aliphatic rings. The Bertz CT molecular complexity index is 1150. The van der Waals surface area contributed by atoms with Crippen LogP contribution in [0, 0.1) is 0 Å². The zero-order valence-electron chi connectivity index (χ0n) is 15.0. The highest BCUT2D eigenvalue weighted by Crippen LogP contribution is 2.25. The molecule has 146 valence electrons. The van der Waals surface area contributed by atoms with Crippen molar-refractivity contribution in [2.24, 2.45) is 0 Å². The highest BCUT2D eigenvalue weighted by Gasteiger charge is 2.01. The standard InChI is InChI=1S/C20H14N4.H3O4P/c1-2-14-10-16-5-6-18(23-16)12-20-8-7-19(24-20)11-17-4-3-15(22-17)9-13(1)21-14;1-5(2,3)4/h1-12,21,24H;(H3,1,2,3,4). The third-order valence-electron chi connectivity index (χ3n) is 4.04. The minimum atomic E-state index is -4.64. The lowest BCUT2D eigenvalue weighted by Gasteiger charge is -1.85. The molecule has 9 heteroatoms. The van der Waals surface area contributed by atoms with Gasteiger partial charge in [-0.25, -0.2) is 14.5 Å². The van der Waals surface area contributed by atoms with E-state index in [0.29, 0.717) is 0 Å². The van der Waals surface area contributed by atoms with E-state index in [4.69, 9.17) is 19.2 Å². The van der Waals surface area contributed by atoms with Gasteiger partial charge in [-0.05, 0) is 72.8 Å². The van der Waals surface area contributed by atoms with Gasteiger partial charge in [0.2, 0.25) is 0 Å². The highest BCUT2D eigenvalue weighted by molar-refractivity contribution is 7.45. The molecule has 5 heterocycles. The fraction of sp³-hybridized carbons (Fsp3) is 0. The summed E-state index contributed by atoms with van der Waals surface area (Å²) in [5.41, 5.74) is 7.86. The van der Waals surface area contributed by atoms with Crippen LogP contribution in [0.15, 0.2) is 48.5 Å². The molecule has 0 fully saturated rings. The Morgan fingerprint density at radius 3 is 1.07 bits per heavy atom. The van der Waals surface area contributed by atoms with Gasteiger partial charge in [0.05, 0.1) is 22.8 Å². The Morgan fingerprint density at radius 2 is 0.828 bits per heavy atom. The zero-order valence-corrected chi connectivity index (χ0v) is 15.9. The van der Waals surface area contributed by atoms with E-state index in [1.165, 1.54) is 0 Å². The van der Waals surface area contributed by atoms with Crippen molar-refractivity contribution < 1.29 is 19.2 Å². The van der Waals surface area contributed by atoms with E-state index in [9.17, 15) is 0 Å². The summed E-state index contributed by atoms with van der Waals surface area (Å²) in [4.78, 5) is 37.6. The third kappa shape index (κ3) is 5.37. The number of nitrogens with one attached hydrogen (secondary N) is 2. The van der Waals surface area contributed by atoms with Gasteiger partial charge >= 0.3 is 7.82 Å². The monoisotopic (exact) mass is 408 g/mol. The van der Waals surface area contributed by atoms with Crippen LogP contribution < -0.4 is 0 Å². The van der Waals surface area contributed by atoms with Crippen LogP contribution in [0.3, 0.4) is 0 Å². The first-order valence-electron chi connectivity index (χ1n) is 8.63. The Labute approximate surface area is 165 Å². The van der Waals surface area contributed by atoms with Crippen molar-refractivity contribution in [3.05, 3.63) is 71.3 Å². The van der Waals surface area contributed by atoms with Crippen molar-refractivity contribution in [2.45, 2.75) is 0 Å². The summed E-state index contributed by atoms with van der Waals surface area (Å²) in [7, 11) is -4.64. The smallest absolute Gasteiger partial charge is 0.355 e. The maximum atomic E-state index is 8.88. The maximum absolute atomic E-state index is 8.88. The van der Waals surface area contributed by atoms with E-state index >= 15 is 0 Å². The maximum Gasteiger partial charge on any atom is 0.466 e. The summed E-state index contributed by atoms with van der Waals surface area (Å²) in [6.45, 7) is 0. The second-order valence-electron chi connectivity index (χ2n) is 6.42. The lowest BCUT2D eigenvalue weighted by atomic mass is 10.3. The van der Waals surface area contributed by atoms with Gasteiger partial charge in [-0.15, -0.1) is 0 Å². The van der Waals surface area contributed by atoms with Gasteiger partial charge in [0.1, 0.15) is 0 Å². The van der Waals surface area contributed by atoms with E-state index in [2.05, 4.69) is 44.2 Å². The molecule has 8 nitrogen and oxygen atoms in total. The first-order chi connectivity index (χ1) is 13.8. The third-order valence-corrected chi connectivity index (χ3v) is 4.04. The number of rotatable bonds is 0. The summed E-state index contributed by atoms with van der Waals surface area (Å²) in [5, 5.41) is 0. The van der Waals surface area contributed by atoms with Gasteiger partial charge in [0.25, 0.3) is 0 Å². The molecule has 3 aromatic rings. The van der Waals surface area contributed by atoms with Gasteiger partial charge in [-0.2, -0.15) is 0 Å². The molecule has 5 N–H and O–H groups in total. The molecule has 2 aliphatic heterocycles. The molecule has 0 saturated heterocycles. The average Bonchev–Trinajstić information content (AvgIpc) is 3.38. The van der Waals surface area contributed by atoms with Gasteiger partial charge in [0.15, 0.2) is 0 Å². The Morgan fingerprint density at radius 1 is 0.586 bits per heavy atom. The molecule has 0 aliphatic carbocycles. The molecule has 8 bridgehead atoms. The Hall–Kier alpha value is -3.29. The van der Waals surface area contributed by atoms with Crippen molar-refractivity contribution in [3.8, 4) is 0 Å². The van der Waals surface area contributed by atoms with E-state index in [1.54, 1.807) is 0 Å². The lowest BCUT2D eigenvalue weighted by Crippen LogP contribution is -1.75. The molecule has 0 spiro atoms. The molecule has 0 atom stereocenters. The van der Waals surface area contributed by atoms with Crippen LogP contribution in [-0.4, -0.2) is 34.6 Å². The minimum absolute atomic E-state index is 0.939. The van der Waals surface area contributed by atoms with Crippen LogP contribution in [0.1, 0.15) is 22.8 Å². The van der Waals surface area contributed by atoms with Crippen molar-refractivity contribution >= 4 is 54.2 Å². The van der Waals surface area contributed by atoms with Gasteiger partial charge in [-0.1, -0.05) is 0 Å². The summed E-state index contributed by atoms with van der Waals surface area (Å²) in [5.74, 6) is 0. The zero-order chi connectivity index (χ0) is 20.4. The molecular formula is C20H17N4O4P. The molecule has 0 radical (unpaired) electrons. The van der Waals surface area contributed by atoms with Gasteiger partial charge in [-0.3, -0.25) is 0 Å².